The van der Waals surface area contributed by atoms with Crippen molar-refractivity contribution in [1.82, 2.24) is 4.98 Å². The molecular formula is C20H17N3O5. The van der Waals surface area contributed by atoms with E-state index in [1.807, 2.05) is 36.4 Å². The molecule has 3 rings (SSSR count). The van der Waals surface area contributed by atoms with Gasteiger partial charge in [0, 0.05) is 29.1 Å². The first-order chi connectivity index (χ1) is 13.4. The van der Waals surface area contributed by atoms with Gasteiger partial charge in [0.2, 0.25) is 5.91 Å². The maximum atomic E-state index is 12.0. The molecule has 0 radical (unpaired) electrons. The number of esters is 1. The fourth-order valence-electron chi connectivity index (χ4n) is 2.72. The Bertz CT molecular complexity index is 1060. The van der Waals surface area contributed by atoms with Crippen LogP contribution in [0, 0.1) is 10.1 Å². The molecule has 8 heteroatoms. The van der Waals surface area contributed by atoms with Crippen molar-refractivity contribution in [3.63, 3.8) is 0 Å². The monoisotopic (exact) mass is 379 g/mol. The summed E-state index contributed by atoms with van der Waals surface area (Å²) < 4.78 is 5.14. The van der Waals surface area contributed by atoms with E-state index in [2.05, 4.69) is 4.98 Å². The third-order valence-electron chi connectivity index (χ3n) is 4.20. The number of benzene rings is 2. The maximum absolute atomic E-state index is 12.0. The maximum Gasteiger partial charge on any atom is 0.306 e. The number of nitro groups is 1. The van der Waals surface area contributed by atoms with Gasteiger partial charge in [-0.1, -0.05) is 24.3 Å². The number of nitrogens with zero attached hydrogens (tertiary/aromatic N) is 2. The second-order valence-electron chi connectivity index (χ2n) is 6.12. The van der Waals surface area contributed by atoms with E-state index in [0.717, 1.165) is 22.7 Å². The molecule has 1 aromatic heterocycles. The number of rotatable bonds is 7. The summed E-state index contributed by atoms with van der Waals surface area (Å²) in [6, 6.07) is 15.2. The van der Waals surface area contributed by atoms with Gasteiger partial charge in [-0.3, -0.25) is 24.7 Å². The fraction of sp³-hybridized carbons (Fsp3) is 0.150. The number of nitro benzene ring substituents is 1. The van der Waals surface area contributed by atoms with Crippen molar-refractivity contribution in [3.05, 3.63) is 81.5 Å². The van der Waals surface area contributed by atoms with Crippen molar-refractivity contribution < 1.29 is 19.2 Å². The first-order valence-corrected chi connectivity index (χ1v) is 8.51. The first kappa shape index (κ1) is 19.0. The number of hydrogen-bond donors (Lipinski definition) is 1. The Kier molecular flexibility index (Phi) is 5.59. The van der Waals surface area contributed by atoms with Gasteiger partial charge in [0.1, 0.15) is 6.61 Å². The summed E-state index contributed by atoms with van der Waals surface area (Å²) in [5.41, 5.74) is 6.62. The van der Waals surface area contributed by atoms with E-state index in [1.165, 1.54) is 12.1 Å². The standard InChI is InChI=1S/C20H17N3O5/c21-20(25)14-5-6-15(18(11-14)23(26)27)12-28-19(24)10-9-16-8-7-13-3-1-2-4-17(13)22-16/h1-8,11H,9-10,12H2,(H2,21,25). The van der Waals surface area contributed by atoms with Crippen LogP contribution >= 0.6 is 0 Å². The van der Waals surface area contributed by atoms with Crippen molar-refractivity contribution in [2.45, 2.75) is 19.4 Å². The van der Waals surface area contributed by atoms with Gasteiger partial charge < -0.3 is 10.5 Å². The minimum Gasteiger partial charge on any atom is -0.461 e. The van der Waals surface area contributed by atoms with E-state index in [0.29, 0.717) is 6.42 Å². The van der Waals surface area contributed by atoms with Crippen LogP contribution in [0.3, 0.4) is 0 Å². The molecule has 0 atom stereocenters. The SMILES string of the molecule is NC(=O)c1ccc(COC(=O)CCc2ccc3ccccc3n2)c([N+](=O)[O-])c1. The highest BCUT2D eigenvalue weighted by Gasteiger charge is 2.18. The lowest BCUT2D eigenvalue weighted by atomic mass is 10.1. The van der Waals surface area contributed by atoms with Gasteiger partial charge in [-0.15, -0.1) is 0 Å². The third kappa shape index (κ3) is 4.47. The van der Waals surface area contributed by atoms with Gasteiger partial charge in [-0.05, 0) is 24.3 Å². The van der Waals surface area contributed by atoms with Gasteiger partial charge in [0.25, 0.3) is 5.69 Å². The number of carbonyl (C=O) groups excluding carboxylic acids is 2. The van der Waals surface area contributed by atoms with Gasteiger partial charge in [-0.2, -0.15) is 0 Å². The highest BCUT2D eigenvalue weighted by Crippen LogP contribution is 2.21. The summed E-state index contributed by atoms with van der Waals surface area (Å²) in [4.78, 5) is 38.2. The number of para-hydroxylation sites is 1. The quantitative estimate of drug-likeness (QED) is 0.382. The molecule has 2 N–H and O–H groups in total. The Labute approximate surface area is 160 Å². The van der Waals surface area contributed by atoms with Crippen molar-refractivity contribution in [1.29, 1.82) is 0 Å². The Balaban J connectivity index is 1.60. The van der Waals surface area contributed by atoms with Crippen molar-refractivity contribution in [2.24, 2.45) is 5.73 Å². The summed E-state index contributed by atoms with van der Waals surface area (Å²) in [5.74, 6) is -1.27. The molecule has 28 heavy (non-hydrogen) atoms. The predicted octanol–water partition coefficient (Wildman–Crippen LogP) is 2.92. The highest BCUT2D eigenvalue weighted by molar-refractivity contribution is 5.93. The van der Waals surface area contributed by atoms with E-state index in [-0.39, 0.29) is 29.8 Å². The fourth-order valence-corrected chi connectivity index (χ4v) is 2.72. The number of nitrogens with two attached hydrogens (primary N) is 1. The van der Waals surface area contributed by atoms with Crippen molar-refractivity contribution >= 4 is 28.5 Å². The molecule has 0 aliphatic carbocycles. The number of pyridine rings is 1. The second kappa shape index (κ2) is 8.26. The van der Waals surface area contributed by atoms with E-state index >= 15 is 0 Å². The zero-order valence-corrected chi connectivity index (χ0v) is 14.8. The third-order valence-corrected chi connectivity index (χ3v) is 4.20. The van der Waals surface area contributed by atoms with Crippen LogP contribution in [-0.4, -0.2) is 21.8 Å². The smallest absolute Gasteiger partial charge is 0.306 e. The molecular weight excluding hydrogens is 362 g/mol. The number of aromatic nitrogens is 1. The Hall–Kier alpha value is -3.81. The number of primary amides is 1. The first-order valence-electron chi connectivity index (χ1n) is 8.51. The molecule has 1 heterocycles. The minimum absolute atomic E-state index is 0.0177. The molecule has 0 fully saturated rings. The summed E-state index contributed by atoms with van der Waals surface area (Å²) in [6.07, 6.45) is 0.491. The van der Waals surface area contributed by atoms with Crippen LogP contribution in [0.5, 0.6) is 0 Å². The van der Waals surface area contributed by atoms with E-state index in [9.17, 15) is 19.7 Å². The number of carbonyl (C=O) groups is 2. The summed E-state index contributed by atoms with van der Waals surface area (Å²) >= 11 is 0. The lowest BCUT2D eigenvalue weighted by Gasteiger charge is -2.07. The van der Waals surface area contributed by atoms with Crippen LogP contribution in [0.1, 0.15) is 28.0 Å². The minimum atomic E-state index is -0.769. The van der Waals surface area contributed by atoms with Crippen LogP contribution in [0.4, 0.5) is 5.69 Å². The molecule has 1 amide bonds. The van der Waals surface area contributed by atoms with Crippen LogP contribution in [0.2, 0.25) is 0 Å². The molecule has 142 valence electrons. The van der Waals surface area contributed by atoms with Crippen molar-refractivity contribution in [3.8, 4) is 0 Å². The molecule has 0 spiro atoms. The van der Waals surface area contributed by atoms with Gasteiger partial charge >= 0.3 is 5.97 Å². The number of fused-ring (bicyclic) bond motifs is 1. The average Bonchev–Trinajstić information content (AvgIpc) is 2.70. The molecule has 0 saturated heterocycles. The largest absolute Gasteiger partial charge is 0.461 e. The molecule has 0 aliphatic rings. The van der Waals surface area contributed by atoms with Gasteiger partial charge in [0.15, 0.2) is 0 Å². The number of amides is 1. The van der Waals surface area contributed by atoms with Crippen LogP contribution in [-0.2, 0) is 22.6 Å². The Morgan fingerprint density at radius 3 is 2.64 bits per heavy atom. The Morgan fingerprint density at radius 1 is 1.11 bits per heavy atom. The summed E-state index contributed by atoms with van der Waals surface area (Å²) in [5, 5.41) is 12.2. The zero-order chi connectivity index (χ0) is 20.1. The molecule has 8 nitrogen and oxygen atoms in total. The molecule has 2 aromatic carbocycles. The lowest BCUT2D eigenvalue weighted by Crippen LogP contribution is -2.12. The van der Waals surface area contributed by atoms with E-state index in [4.69, 9.17) is 10.5 Å². The topological polar surface area (TPSA) is 125 Å². The number of hydrogen-bond acceptors (Lipinski definition) is 6. The second-order valence-corrected chi connectivity index (χ2v) is 6.12. The lowest BCUT2D eigenvalue weighted by molar-refractivity contribution is -0.385. The van der Waals surface area contributed by atoms with Crippen LogP contribution < -0.4 is 5.73 Å². The number of aryl methyl sites for hydroxylation is 1. The van der Waals surface area contributed by atoms with Crippen molar-refractivity contribution in [2.75, 3.05) is 0 Å². The Morgan fingerprint density at radius 2 is 1.89 bits per heavy atom. The number of ether oxygens (including phenoxy) is 1. The summed E-state index contributed by atoms with van der Waals surface area (Å²) in [7, 11) is 0. The molecule has 3 aromatic rings. The summed E-state index contributed by atoms with van der Waals surface area (Å²) in [6.45, 7) is -0.265. The highest BCUT2D eigenvalue weighted by atomic mass is 16.6. The van der Waals surface area contributed by atoms with Gasteiger partial charge in [0.05, 0.1) is 22.4 Å². The zero-order valence-electron chi connectivity index (χ0n) is 14.8. The van der Waals surface area contributed by atoms with Gasteiger partial charge in [-0.25, -0.2) is 0 Å². The molecule has 0 saturated carbocycles. The van der Waals surface area contributed by atoms with E-state index in [1.54, 1.807) is 0 Å². The van der Waals surface area contributed by atoms with Crippen LogP contribution in [0.25, 0.3) is 10.9 Å². The van der Waals surface area contributed by atoms with E-state index < -0.39 is 16.8 Å². The predicted molar refractivity (Wildman–Crippen MR) is 101 cm³/mol. The average molecular weight is 379 g/mol. The molecule has 0 bridgehead atoms. The van der Waals surface area contributed by atoms with Crippen LogP contribution in [0.15, 0.2) is 54.6 Å². The molecule has 0 aliphatic heterocycles. The molecule has 0 unspecified atom stereocenters. The normalized spacial score (nSPS) is 10.6.